The number of fused-ring (bicyclic) bond motifs is 9. The minimum Gasteiger partial charge on any atom is -0.598 e. The summed E-state index contributed by atoms with van der Waals surface area (Å²) in [6, 6.07) is 8.41. The molecule has 2 aliphatic carbocycles. The Bertz CT molecular complexity index is 1910. The molecule has 0 spiro atoms. The van der Waals surface area contributed by atoms with Crippen LogP contribution in [0.2, 0.25) is 0 Å². The highest BCUT2D eigenvalue weighted by Gasteiger charge is 2.58. The molecule has 0 saturated heterocycles. The molecule has 3 aromatic heterocycles. The first-order valence-corrected chi connectivity index (χ1v) is 16.1. The normalized spacial score (nSPS) is 25.9. The van der Waals surface area contributed by atoms with Gasteiger partial charge in [0.25, 0.3) is 5.91 Å². The van der Waals surface area contributed by atoms with E-state index in [2.05, 4.69) is 20.8 Å². The Hall–Kier alpha value is -4.19. The van der Waals surface area contributed by atoms with Crippen LogP contribution in [0.4, 0.5) is 8.78 Å². The Morgan fingerprint density at radius 3 is 2.57 bits per heavy atom. The van der Waals surface area contributed by atoms with E-state index >= 15 is 0 Å². The molecule has 1 unspecified atom stereocenters. The van der Waals surface area contributed by atoms with E-state index in [4.69, 9.17) is 14.8 Å². The third-order valence-corrected chi connectivity index (χ3v) is 10.9. The second-order valence-electron chi connectivity index (χ2n) is 13.6. The highest BCUT2D eigenvalue weighted by atomic mass is 32.2. The number of nitrogens with one attached hydrogen (secondary N) is 1. The van der Waals surface area contributed by atoms with Crippen LogP contribution in [0, 0.1) is 16.7 Å². The molecule has 2 bridgehead atoms. The Kier molecular flexibility index (Phi) is 6.90. The van der Waals surface area contributed by atoms with E-state index in [1.54, 1.807) is 53.3 Å². The average Bonchev–Trinajstić information content (AvgIpc) is 3.52. The van der Waals surface area contributed by atoms with Crippen LogP contribution in [0.15, 0.2) is 42.9 Å². The minimum absolute atomic E-state index is 0.0364. The van der Waals surface area contributed by atoms with Crippen molar-refractivity contribution in [3.63, 3.8) is 0 Å². The van der Waals surface area contributed by atoms with E-state index < -0.39 is 39.6 Å². The maximum absolute atomic E-state index is 13.4. The number of carbonyl (C=O) groups excluding carboxylic acids is 1. The first-order chi connectivity index (χ1) is 21.7. The van der Waals surface area contributed by atoms with Gasteiger partial charge in [0, 0.05) is 65.2 Å². The maximum Gasteiger partial charge on any atom is 0.387 e. The van der Waals surface area contributed by atoms with Crippen LogP contribution < -0.4 is 9.46 Å². The van der Waals surface area contributed by atoms with Gasteiger partial charge in [-0.25, -0.2) is 19.5 Å². The summed E-state index contributed by atoms with van der Waals surface area (Å²) in [5, 5.41) is 14.5. The van der Waals surface area contributed by atoms with Crippen molar-refractivity contribution in [2.75, 3.05) is 7.05 Å². The Labute approximate surface area is 267 Å². The van der Waals surface area contributed by atoms with Gasteiger partial charge in [0.2, 0.25) is 0 Å². The summed E-state index contributed by atoms with van der Waals surface area (Å²) in [5.41, 5.74) is 2.49. The highest BCUT2D eigenvalue weighted by molar-refractivity contribution is 7.90. The van der Waals surface area contributed by atoms with E-state index in [9.17, 15) is 23.4 Å². The standard InChI is InChI=1S/C32H32F2N8O3S/c1-30(2,3)46(44)40-32(14-31(4,15-32)16-35)28-36-12-17(13-37-28)20-9-10-42-26(38-20)24-19-11-21(25(24)39-42)41(5)27(43)18-7-6-8-22(23(18)19)45-29(33)34/h6-10,12-13,19,21,29,40H,11,14-15H2,1-5H3/t19-,21-,31?,32?,46?/m1/s1. The van der Waals surface area contributed by atoms with Gasteiger partial charge in [-0.1, -0.05) is 6.07 Å². The van der Waals surface area contributed by atoms with Crippen molar-refractivity contribution in [1.82, 2.24) is 34.2 Å². The predicted octanol–water partition coefficient (Wildman–Crippen LogP) is 5.02. The summed E-state index contributed by atoms with van der Waals surface area (Å²) in [5.74, 6) is -0.309. The molecule has 1 aromatic carbocycles. The van der Waals surface area contributed by atoms with Crippen LogP contribution in [-0.4, -0.2) is 58.3 Å². The van der Waals surface area contributed by atoms with Gasteiger partial charge in [0.1, 0.15) is 16.0 Å². The summed E-state index contributed by atoms with van der Waals surface area (Å²) >= 11 is -1.41. The van der Waals surface area contributed by atoms with Crippen molar-refractivity contribution in [2.45, 2.75) is 75.8 Å². The molecule has 3 aliphatic rings. The second kappa shape index (κ2) is 10.4. The van der Waals surface area contributed by atoms with Crippen molar-refractivity contribution in [1.29, 1.82) is 5.26 Å². The lowest BCUT2D eigenvalue weighted by Crippen LogP contribution is -2.61. The zero-order chi connectivity index (χ0) is 32.8. The van der Waals surface area contributed by atoms with Gasteiger partial charge in [-0.3, -0.25) is 4.79 Å². The fourth-order valence-corrected chi connectivity index (χ4v) is 7.95. The molecule has 1 amide bonds. The highest BCUT2D eigenvalue weighted by Crippen LogP contribution is 2.54. The quantitative estimate of drug-likeness (QED) is 0.286. The zero-order valence-corrected chi connectivity index (χ0v) is 26.7. The lowest BCUT2D eigenvalue weighted by molar-refractivity contribution is -0.0505. The Morgan fingerprint density at radius 1 is 1.20 bits per heavy atom. The number of nitrogens with zero attached hydrogens (tertiary/aromatic N) is 7. The van der Waals surface area contributed by atoms with Crippen molar-refractivity contribution in [2.24, 2.45) is 5.41 Å². The van der Waals surface area contributed by atoms with Gasteiger partial charge >= 0.3 is 6.61 Å². The number of hydrogen-bond acceptors (Lipinski definition) is 9. The molecule has 3 atom stereocenters. The largest absolute Gasteiger partial charge is 0.598 e. The molecule has 238 valence electrons. The number of ether oxygens (including phenoxy) is 1. The van der Waals surface area contributed by atoms with E-state index in [-0.39, 0.29) is 17.7 Å². The van der Waals surface area contributed by atoms with Gasteiger partial charge in [-0.2, -0.15) is 19.1 Å². The number of alkyl halides is 2. The minimum atomic E-state index is -3.05. The molecule has 7 rings (SSSR count). The molecular weight excluding hydrogens is 614 g/mol. The SMILES string of the molecule is CN1C(=O)c2cccc(OC(F)F)c2[C@H]2C[C@@H]1c1nn3ccc(-c4cnc(C5(N[S+]([O-])C(C)(C)C)CC(C)(C#N)C5)nc4)nc3c12. The number of amides is 1. The molecule has 1 saturated carbocycles. The van der Waals surface area contributed by atoms with E-state index in [1.165, 1.54) is 6.07 Å². The third kappa shape index (κ3) is 4.71. The van der Waals surface area contributed by atoms with Gasteiger partial charge in [0.15, 0.2) is 11.5 Å². The van der Waals surface area contributed by atoms with Crippen LogP contribution in [0.1, 0.15) is 91.9 Å². The Morgan fingerprint density at radius 2 is 1.91 bits per heavy atom. The predicted molar refractivity (Wildman–Crippen MR) is 164 cm³/mol. The van der Waals surface area contributed by atoms with Crippen LogP contribution in [-0.2, 0) is 16.9 Å². The van der Waals surface area contributed by atoms with Crippen molar-refractivity contribution < 1.29 is 22.9 Å². The number of nitriles is 1. The lowest BCUT2D eigenvalue weighted by Gasteiger charge is -2.50. The molecule has 1 N–H and O–H groups in total. The van der Waals surface area contributed by atoms with Crippen molar-refractivity contribution in [3.8, 4) is 23.1 Å². The summed E-state index contributed by atoms with van der Waals surface area (Å²) in [7, 11) is 1.69. The number of carbonyl (C=O) groups is 1. The second-order valence-corrected chi connectivity index (χ2v) is 15.5. The molecule has 14 heteroatoms. The van der Waals surface area contributed by atoms with Gasteiger partial charge in [0.05, 0.1) is 28.9 Å². The molecule has 1 fully saturated rings. The first kappa shape index (κ1) is 30.5. The topological polar surface area (TPSA) is 144 Å². The molecular formula is C32H32F2N8O3S. The van der Waals surface area contributed by atoms with E-state index in [0.29, 0.717) is 58.8 Å². The number of halogens is 2. The van der Waals surface area contributed by atoms with Crippen molar-refractivity contribution >= 4 is 22.9 Å². The summed E-state index contributed by atoms with van der Waals surface area (Å²) in [6.45, 7) is 4.45. The molecule has 46 heavy (non-hydrogen) atoms. The smallest absolute Gasteiger partial charge is 0.387 e. The fourth-order valence-electron chi connectivity index (χ4n) is 7.05. The van der Waals surface area contributed by atoms with Gasteiger partial charge in [-0.15, -0.1) is 4.72 Å². The summed E-state index contributed by atoms with van der Waals surface area (Å²) < 4.78 is 49.2. The first-order valence-electron chi connectivity index (χ1n) is 14.9. The molecule has 1 aliphatic heterocycles. The third-order valence-electron chi connectivity index (χ3n) is 9.19. The monoisotopic (exact) mass is 646 g/mol. The van der Waals surface area contributed by atoms with Crippen LogP contribution in [0.3, 0.4) is 0 Å². The summed E-state index contributed by atoms with van der Waals surface area (Å²) in [4.78, 5) is 29.3. The maximum atomic E-state index is 13.4. The van der Waals surface area contributed by atoms with Crippen LogP contribution >= 0.6 is 0 Å². The van der Waals surface area contributed by atoms with Crippen LogP contribution in [0.25, 0.3) is 16.9 Å². The number of hydrogen-bond donors (Lipinski definition) is 1. The van der Waals surface area contributed by atoms with Gasteiger partial charge < -0.3 is 14.2 Å². The average molecular weight is 647 g/mol. The molecule has 4 heterocycles. The van der Waals surface area contributed by atoms with E-state index in [1.807, 2.05) is 27.7 Å². The van der Waals surface area contributed by atoms with E-state index in [0.717, 1.165) is 5.56 Å². The van der Waals surface area contributed by atoms with Crippen LogP contribution in [0.5, 0.6) is 5.75 Å². The number of rotatable bonds is 6. The Balaban J connectivity index is 1.28. The fraction of sp³-hybridized carbons (Fsp3) is 0.438. The molecule has 11 nitrogen and oxygen atoms in total. The lowest BCUT2D eigenvalue weighted by atomic mass is 9.59. The number of benzene rings is 1. The number of aromatic nitrogens is 5. The molecule has 4 aromatic rings. The van der Waals surface area contributed by atoms with Gasteiger partial charge in [-0.05, 0) is 65.2 Å². The zero-order valence-electron chi connectivity index (χ0n) is 25.9. The molecule has 0 radical (unpaired) electrons. The van der Waals surface area contributed by atoms with Crippen molar-refractivity contribution in [3.05, 3.63) is 71.1 Å². The summed E-state index contributed by atoms with van der Waals surface area (Å²) in [6.07, 6.45) is 6.37.